The van der Waals surface area contributed by atoms with Crippen LogP contribution < -0.4 is 5.56 Å². The van der Waals surface area contributed by atoms with Crippen LogP contribution in [0.15, 0.2) is 65.5 Å². The van der Waals surface area contributed by atoms with Crippen molar-refractivity contribution in [3.8, 4) is 11.1 Å². The van der Waals surface area contributed by atoms with Crippen molar-refractivity contribution in [2.75, 3.05) is 7.11 Å². The van der Waals surface area contributed by atoms with Gasteiger partial charge in [0, 0.05) is 11.8 Å². The molecule has 0 aliphatic rings. The highest BCUT2D eigenvalue weighted by Gasteiger charge is 2.17. The van der Waals surface area contributed by atoms with Crippen molar-refractivity contribution in [2.24, 2.45) is 0 Å². The summed E-state index contributed by atoms with van der Waals surface area (Å²) in [6, 6.07) is 18.9. The summed E-state index contributed by atoms with van der Waals surface area (Å²) in [6.07, 6.45) is 0. The predicted octanol–water partition coefficient (Wildman–Crippen LogP) is 3.97. The molecule has 0 saturated heterocycles. The van der Waals surface area contributed by atoms with Gasteiger partial charge in [-0.2, -0.15) is 0 Å². The molecule has 0 bridgehead atoms. The highest BCUT2D eigenvalue weighted by atomic mass is 16.5. The monoisotopic (exact) mass is 347 g/mol. The number of carbonyl (C=O) groups excluding carboxylic acids is 1. The lowest BCUT2D eigenvalue weighted by Gasteiger charge is -2.15. The Morgan fingerprint density at radius 2 is 1.73 bits per heavy atom. The number of pyridine rings is 1. The molecule has 26 heavy (non-hydrogen) atoms. The van der Waals surface area contributed by atoms with Crippen molar-refractivity contribution < 1.29 is 9.53 Å². The largest absolute Gasteiger partial charge is 0.465 e. The van der Waals surface area contributed by atoms with Gasteiger partial charge in [-0.05, 0) is 48.2 Å². The topological polar surface area (TPSA) is 48.3 Å². The number of aromatic nitrogens is 1. The van der Waals surface area contributed by atoms with Crippen LogP contribution in [-0.4, -0.2) is 17.6 Å². The molecular weight excluding hydrogens is 326 g/mol. The molecular formula is C22H21NO3. The normalized spacial score (nSPS) is 10.6. The molecule has 2 aromatic carbocycles. The SMILES string of the molecule is COC(=O)c1cccc(C)c1-c1cc(C)n(Cc2ccccc2)c(=O)c1. The van der Waals surface area contributed by atoms with E-state index in [-0.39, 0.29) is 5.56 Å². The lowest BCUT2D eigenvalue weighted by atomic mass is 9.95. The molecule has 0 aliphatic carbocycles. The molecule has 0 unspecified atom stereocenters. The number of rotatable bonds is 4. The van der Waals surface area contributed by atoms with Crippen LogP contribution in [-0.2, 0) is 11.3 Å². The third-order valence-corrected chi connectivity index (χ3v) is 4.49. The van der Waals surface area contributed by atoms with Crippen LogP contribution in [0.25, 0.3) is 11.1 Å². The first kappa shape index (κ1) is 17.7. The summed E-state index contributed by atoms with van der Waals surface area (Å²) in [7, 11) is 1.36. The van der Waals surface area contributed by atoms with E-state index in [1.807, 2.05) is 62.4 Å². The molecule has 1 heterocycles. The summed E-state index contributed by atoms with van der Waals surface area (Å²) in [5.74, 6) is -0.408. The number of carbonyl (C=O) groups is 1. The Kier molecular flexibility index (Phi) is 5.03. The fourth-order valence-electron chi connectivity index (χ4n) is 3.17. The Morgan fingerprint density at radius 1 is 1.00 bits per heavy atom. The zero-order valence-electron chi connectivity index (χ0n) is 15.2. The molecule has 3 rings (SSSR count). The Labute approximate surface area is 152 Å². The smallest absolute Gasteiger partial charge is 0.338 e. The number of esters is 1. The Balaban J connectivity index is 2.10. The summed E-state index contributed by atoms with van der Waals surface area (Å²) in [5, 5.41) is 0. The molecule has 0 saturated carbocycles. The van der Waals surface area contributed by atoms with E-state index in [9.17, 15) is 9.59 Å². The van der Waals surface area contributed by atoms with Gasteiger partial charge in [-0.1, -0.05) is 42.5 Å². The van der Waals surface area contributed by atoms with Gasteiger partial charge in [-0.3, -0.25) is 4.79 Å². The van der Waals surface area contributed by atoms with Gasteiger partial charge in [-0.15, -0.1) is 0 Å². The van der Waals surface area contributed by atoms with Gasteiger partial charge < -0.3 is 9.30 Å². The summed E-state index contributed by atoms with van der Waals surface area (Å²) in [5.41, 5.74) is 4.68. The maximum absolute atomic E-state index is 12.7. The number of methoxy groups -OCH3 is 1. The zero-order valence-corrected chi connectivity index (χ0v) is 15.2. The number of hydrogen-bond acceptors (Lipinski definition) is 3. The van der Waals surface area contributed by atoms with E-state index in [1.54, 1.807) is 16.7 Å². The average Bonchev–Trinajstić information content (AvgIpc) is 2.64. The van der Waals surface area contributed by atoms with Crippen LogP contribution in [0.2, 0.25) is 0 Å². The van der Waals surface area contributed by atoms with E-state index >= 15 is 0 Å². The Bertz CT molecular complexity index is 1000. The molecule has 4 nitrogen and oxygen atoms in total. The maximum atomic E-state index is 12.7. The van der Waals surface area contributed by atoms with Crippen LogP contribution >= 0.6 is 0 Å². The molecule has 0 fully saturated rings. The average molecular weight is 347 g/mol. The van der Waals surface area contributed by atoms with Crippen molar-refractivity contribution in [3.63, 3.8) is 0 Å². The first-order valence-electron chi connectivity index (χ1n) is 8.45. The third-order valence-electron chi connectivity index (χ3n) is 4.49. The van der Waals surface area contributed by atoms with Gasteiger partial charge in [0.15, 0.2) is 0 Å². The van der Waals surface area contributed by atoms with E-state index in [2.05, 4.69) is 0 Å². The van der Waals surface area contributed by atoms with Crippen LogP contribution in [0.4, 0.5) is 0 Å². The van der Waals surface area contributed by atoms with Crippen LogP contribution in [0.1, 0.15) is 27.2 Å². The van der Waals surface area contributed by atoms with E-state index < -0.39 is 5.97 Å². The van der Waals surface area contributed by atoms with Crippen LogP contribution in [0.3, 0.4) is 0 Å². The molecule has 4 heteroatoms. The van der Waals surface area contributed by atoms with E-state index in [4.69, 9.17) is 4.74 Å². The number of benzene rings is 2. The molecule has 0 N–H and O–H groups in total. The van der Waals surface area contributed by atoms with Gasteiger partial charge in [0.25, 0.3) is 5.56 Å². The molecule has 0 amide bonds. The lowest BCUT2D eigenvalue weighted by molar-refractivity contribution is 0.0601. The molecule has 0 radical (unpaired) electrons. The fourth-order valence-corrected chi connectivity index (χ4v) is 3.17. The van der Waals surface area contributed by atoms with Gasteiger partial charge >= 0.3 is 5.97 Å². The number of hydrogen-bond donors (Lipinski definition) is 0. The standard InChI is InChI=1S/C22H21NO3/c1-15-8-7-11-19(22(25)26-3)21(15)18-12-16(2)23(20(24)13-18)14-17-9-5-4-6-10-17/h4-13H,14H2,1-3H3. The first-order chi connectivity index (χ1) is 12.5. The minimum Gasteiger partial charge on any atom is -0.465 e. The minimum absolute atomic E-state index is 0.0945. The summed E-state index contributed by atoms with van der Waals surface area (Å²) in [4.78, 5) is 24.9. The van der Waals surface area contributed by atoms with E-state index in [0.717, 1.165) is 27.9 Å². The fraction of sp³-hybridized carbons (Fsp3) is 0.182. The highest BCUT2D eigenvalue weighted by Crippen LogP contribution is 2.28. The van der Waals surface area contributed by atoms with Crippen molar-refractivity contribution in [3.05, 3.63) is 93.4 Å². The van der Waals surface area contributed by atoms with Gasteiger partial charge in [-0.25, -0.2) is 4.79 Å². The predicted molar refractivity (Wildman–Crippen MR) is 102 cm³/mol. The number of aryl methyl sites for hydroxylation is 2. The van der Waals surface area contributed by atoms with Crippen LogP contribution in [0, 0.1) is 13.8 Å². The van der Waals surface area contributed by atoms with Gasteiger partial charge in [0.05, 0.1) is 19.2 Å². The Morgan fingerprint density at radius 3 is 2.38 bits per heavy atom. The quantitative estimate of drug-likeness (QED) is 0.671. The second kappa shape index (κ2) is 7.40. The third kappa shape index (κ3) is 3.45. The summed E-state index contributed by atoms with van der Waals surface area (Å²) in [6.45, 7) is 4.35. The zero-order chi connectivity index (χ0) is 18.7. The summed E-state index contributed by atoms with van der Waals surface area (Å²) >= 11 is 0. The van der Waals surface area contributed by atoms with Gasteiger partial charge in [0.1, 0.15) is 0 Å². The van der Waals surface area contributed by atoms with Gasteiger partial charge in [0.2, 0.25) is 0 Å². The highest BCUT2D eigenvalue weighted by molar-refractivity contribution is 5.98. The number of nitrogens with zero attached hydrogens (tertiary/aromatic N) is 1. The molecule has 0 spiro atoms. The second-order valence-electron chi connectivity index (χ2n) is 6.28. The Hall–Kier alpha value is -3.14. The molecule has 0 atom stereocenters. The van der Waals surface area contributed by atoms with Crippen molar-refractivity contribution in [1.82, 2.24) is 4.57 Å². The van der Waals surface area contributed by atoms with E-state index in [0.29, 0.717) is 12.1 Å². The summed E-state index contributed by atoms with van der Waals surface area (Å²) < 4.78 is 6.63. The van der Waals surface area contributed by atoms with Crippen molar-refractivity contribution in [1.29, 1.82) is 0 Å². The van der Waals surface area contributed by atoms with Crippen molar-refractivity contribution in [2.45, 2.75) is 20.4 Å². The molecule has 3 aromatic rings. The molecule has 1 aromatic heterocycles. The van der Waals surface area contributed by atoms with Crippen LogP contribution in [0.5, 0.6) is 0 Å². The first-order valence-corrected chi connectivity index (χ1v) is 8.45. The molecule has 0 aliphatic heterocycles. The maximum Gasteiger partial charge on any atom is 0.338 e. The minimum atomic E-state index is -0.408. The second-order valence-corrected chi connectivity index (χ2v) is 6.28. The molecule has 132 valence electrons. The van der Waals surface area contributed by atoms with Crippen molar-refractivity contribution >= 4 is 5.97 Å². The van der Waals surface area contributed by atoms with E-state index in [1.165, 1.54) is 7.11 Å². The lowest BCUT2D eigenvalue weighted by Crippen LogP contribution is -2.22. The number of ether oxygens (including phenoxy) is 1.